The number of ether oxygens (including phenoxy) is 1. The van der Waals surface area contributed by atoms with Crippen LogP contribution < -0.4 is 0 Å². The fourth-order valence-electron chi connectivity index (χ4n) is 2.38. The van der Waals surface area contributed by atoms with Crippen LogP contribution in [-0.4, -0.2) is 42.4 Å². The molecule has 0 aromatic heterocycles. The summed E-state index contributed by atoms with van der Waals surface area (Å²) in [5.41, 5.74) is 0.243. The molecule has 2 rings (SSSR count). The molecule has 106 valence electrons. The monoisotopic (exact) mass is 287 g/mol. The zero-order chi connectivity index (χ0) is 13.8. The SMILES string of the molecule is CCCN1CCOC(C(O)c2ccc(Cl)cc2F)C1. The van der Waals surface area contributed by atoms with Crippen molar-refractivity contribution in [3.63, 3.8) is 0 Å². The van der Waals surface area contributed by atoms with E-state index in [9.17, 15) is 9.50 Å². The van der Waals surface area contributed by atoms with E-state index in [2.05, 4.69) is 11.8 Å². The predicted octanol–water partition coefficient (Wildman–Crippen LogP) is 2.62. The molecule has 1 aliphatic heterocycles. The van der Waals surface area contributed by atoms with Crippen molar-refractivity contribution >= 4 is 11.6 Å². The van der Waals surface area contributed by atoms with Gasteiger partial charge in [0.1, 0.15) is 18.0 Å². The molecule has 0 bridgehead atoms. The third-order valence-electron chi connectivity index (χ3n) is 3.35. The van der Waals surface area contributed by atoms with E-state index in [0.29, 0.717) is 18.2 Å². The van der Waals surface area contributed by atoms with Crippen molar-refractivity contribution in [2.75, 3.05) is 26.2 Å². The summed E-state index contributed by atoms with van der Waals surface area (Å²) in [5.74, 6) is -0.490. The predicted molar refractivity (Wildman–Crippen MR) is 72.8 cm³/mol. The van der Waals surface area contributed by atoms with Gasteiger partial charge in [0, 0.05) is 23.7 Å². The van der Waals surface area contributed by atoms with E-state index in [1.54, 1.807) is 6.07 Å². The van der Waals surface area contributed by atoms with Gasteiger partial charge in [-0.05, 0) is 25.1 Å². The highest BCUT2D eigenvalue weighted by atomic mass is 35.5. The molecule has 0 radical (unpaired) electrons. The fraction of sp³-hybridized carbons (Fsp3) is 0.571. The standard InChI is InChI=1S/C14H19ClFNO2/c1-2-5-17-6-7-19-13(9-17)14(18)11-4-3-10(15)8-12(11)16/h3-4,8,13-14,18H,2,5-7,9H2,1H3. The number of morpholine rings is 1. The summed E-state index contributed by atoms with van der Waals surface area (Å²) < 4.78 is 19.4. The Kier molecular flexibility index (Phi) is 5.16. The van der Waals surface area contributed by atoms with E-state index in [-0.39, 0.29) is 5.56 Å². The largest absolute Gasteiger partial charge is 0.386 e. The molecule has 1 N–H and O–H groups in total. The Morgan fingerprint density at radius 3 is 3.05 bits per heavy atom. The fourth-order valence-corrected chi connectivity index (χ4v) is 2.54. The quantitative estimate of drug-likeness (QED) is 0.924. The van der Waals surface area contributed by atoms with Gasteiger partial charge in [0.05, 0.1) is 6.61 Å². The van der Waals surface area contributed by atoms with Crippen molar-refractivity contribution in [2.45, 2.75) is 25.6 Å². The maximum absolute atomic E-state index is 13.8. The molecule has 3 nitrogen and oxygen atoms in total. The summed E-state index contributed by atoms with van der Waals surface area (Å²) in [5, 5.41) is 10.6. The molecular weight excluding hydrogens is 269 g/mol. The second-order valence-corrected chi connectivity index (χ2v) is 5.26. The van der Waals surface area contributed by atoms with Crippen LogP contribution in [-0.2, 0) is 4.74 Å². The molecule has 1 heterocycles. The van der Waals surface area contributed by atoms with E-state index >= 15 is 0 Å². The summed E-state index contributed by atoms with van der Waals surface area (Å²) in [6, 6.07) is 4.31. The zero-order valence-electron chi connectivity index (χ0n) is 11.0. The maximum atomic E-state index is 13.8. The van der Waals surface area contributed by atoms with Crippen LogP contribution in [0.4, 0.5) is 4.39 Å². The van der Waals surface area contributed by atoms with Gasteiger partial charge in [-0.25, -0.2) is 4.39 Å². The molecule has 0 aliphatic carbocycles. The minimum Gasteiger partial charge on any atom is -0.386 e. The Morgan fingerprint density at radius 1 is 1.58 bits per heavy atom. The minimum absolute atomic E-state index is 0.243. The third-order valence-corrected chi connectivity index (χ3v) is 3.59. The molecule has 5 heteroatoms. The summed E-state index contributed by atoms with van der Waals surface area (Å²) in [6.07, 6.45) is -0.300. The van der Waals surface area contributed by atoms with Crippen molar-refractivity contribution in [3.8, 4) is 0 Å². The van der Waals surface area contributed by atoms with Gasteiger partial charge in [0.25, 0.3) is 0 Å². The van der Waals surface area contributed by atoms with Gasteiger partial charge in [-0.15, -0.1) is 0 Å². The Morgan fingerprint density at radius 2 is 2.37 bits per heavy atom. The van der Waals surface area contributed by atoms with Crippen molar-refractivity contribution in [2.24, 2.45) is 0 Å². The molecule has 2 unspecified atom stereocenters. The molecule has 19 heavy (non-hydrogen) atoms. The number of halogens is 2. The topological polar surface area (TPSA) is 32.7 Å². The van der Waals surface area contributed by atoms with Crippen molar-refractivity contribution in [1.29, 1.82) is 0 Å². The molecule has 1 fully saturated rings. The lowest BCUT2D eigenvalue weighted by atomic mass is 10.0. The van der Waals surface area contributed by atoms with Crippen molar-refractivity contribution in [3.05, 3.63) is 34.6 Å². The number of nitrogens with zero attached hydrogens (tertiary/aromatic N) is 1. The molecule has 1 aromatic rings. The van der Waals surface area contributed by atoms with Crippen LogP contribution in [0.25, 0.3) is 0 Å². The number of rotatable bonds is 4. The Labute approximate surface area is 117 Å². The first kappa shape index (κ1) is 14.7. The van der Waals surface area contributed by atoms with Crippen LogP contribution in [0.5, 0.6) is 0 Å². The van der Waals surface area contributed by atoms with Gasteiger partial charge in [0.15, 0.2) is 0 Å². The molecule has 2 atom stereocenters. The average Bonchev–Trinajstić information content (AvgIpc) is 2.39. The zero-order valence-corrected chi connectivity index (χ0v) is 11.7. The van der Waals surface area contributed by atoms with E-state index in [0.717, 1.165) is 19.5 Å². The normalized spacial score (nSPS) is 22.4. The smallest absolute Gasteiger partial charge is 0.130 e. The maximum Gasteiger partial charge on any atom is 0.130 e. The lowest BCUT2D eigenvalue weighted by molar-refractivity contribution is -0.0907. The van der Waals surface area contributed by atoms with E-state index in [1.165, 1.54) is 12.1 Å². The Hall–Kier alpha value is -0.680. The first-order chi connectivity index (χ1) is 9.11. The molecule has 0 spiro atoms. The molecule has 0 amide bonds. The van der Waals surface area contributed by atoms with Gasteiger partial charge < -0.3 is 9.84 Å². The van der Waals surface area contributed by atoms with E-state index < -0.39 is 18.0 Å². The third kappa shape index (κ3) is 3.66. The van der Waals surface area contributed by atoms with Gasteiger partial charge in [-0.2, -0.15) is 0 Å². The minimum atomic E-state index is -0.961. The highest BCUT2D eigenvalue weighted by Gasteiger charge is 2.29. The first-order valence-corrected chi connectivity index (χ1v) is 6.96. The van der Waals surface area contributed by atoms with Crippen LogP contribution in [0.3, 0.4) is 0 Å². The number of aliphatic hydroxyl groups excluding tert-OH is 1. The van der Waals surface area contributed by atoms with Gasteiger partial charge in [-0.3, -0.25) is 4.90 Å². The Balaban J connectivity index is 2.07. The summed E-state index contributed by atoms with van der Waals surface area (Å²) in [6.45, 7) is 5.13. The van der Waals surface area contributed by atoms with Crippen LogP contribution in [0.2, 0.25) is 5.02 Å². The second kappa shape index (κ2) is 6.66. The highest BCUT2D eigenvalue weighted by molar-refractivity contribution is 6.30. The van der Waals surface area contributed by atoms with E-state index in [4.69, 9.17) is 16.3 Å². The van der Waals surface area contributed by atoms with Gasteiger partial charge >= 0.3 is 0 Å². The van der Waals surface area contributed by atoms with Crippen LogP contribution in [0.1, 0.15) is 25.0 Å². The number of benzene rings is 1. The lowest BCUT2D eigenvalue weighted by Crippen LogP contribution is -2.45. The van der Waals surface area contributed by atoms with Gasteiger partial charge in [0.2, 0.25) is 0 Å². The molecular formula is C14H19ClFNO2. The van der Waals surface area contributed by atoms with Crippen molar-refractivity contribution < 1.29 is 14.2 Å². The molecule has 0 saturated carbocycles. The molecule has 1 aliphatic rings. The number of hydrogen-bond donors (Lipinski definition) is 1. The van der Waals surface area contributed by atoms with Crippen LogP contribution in [0.15, 0.2) is 18.2 Å². The first-order valence-electron chi connectivity index (χ1n) is 6.58. The van der Waals surface area contributed by atoms with Crippen LogP contribution >= 0.6 is 11.6 Å². The average molecular weight is 288 g/mol. The second-order valence-electron chi connectivity index (χ2n) is 4.82. The summed E-state index contributed by atoms with van der Waals surface area (Å²) >= 11 is 5.71. The van der Waals surface area contributed by atoms with Crippen molar-refractivity contribution in [1.82, 2.24) is 4.90 Å². The number of aliphatic hydroxyl groups is 1. The molecule has 1 aromatic carbocycles. The summed E-state index contributed by atoms with van der Waals surface area (Å²) in [7, 11) is 0. The number of hydrogen-bond acceptors (Lipinski definition) is 3. The van der Waals surface area contributed by atoms with Gasteiger partial charge in [-0.1, -0.05) is 24.6 Å². The van der Waals surface area contributed by atoms with E-state index in [1.807, 2.05) is 0 Å². The molecule has 1 saturated heterocycles. The Bertz CT molecular complexity index is 428. The summed E-state index contributed by atoms with van der Waals surface area (Å²) in [4.78, 5) is 2.23. The lowest BCUT2D eigenvalue weighted by Gasteiger charge is -2.35. The van der Waals surface area contributed by atoms with Crippen LogP contribution in [0, 0.1) is 5.82 Å². The highest BCUT2D eigenvalue weighted by Crippen LogP contribution is 2.26.